The topological polar surface area (TPSA) is 121 Å². The van der Waals surface area contributed by atoms with Gasteiger partial charge < -0.3 is 30.0 Å². The molecule has 2 N–H and O–H groups in total. The zero-order chi connectivity index (χ0) is 8.31. The van der Waals surface area contributed by atoms with E-state index in [-0.39, 0.29) is 105 Å². The summed E-state index contributed by atoms with van der Waals surface area (Å²) in [6, 6.07) is 0. The van der Waals surface area contributed by atoms with Crippen molar-refractivity contribution in [2.24, 2.45) is 0 Å². The number of carbonyl (C=O) groups excluding carboxylic acids is 2. The maximum absolute atomic E-state index is 9.63. The van der Waals surface area contributed by atoms with Gasteiger partial charge in [0.25, 0.3) is 0 Å². The van der Waals surface area contributed by atoms with Gasteiger partial charge in [0.05, 0.1) is 11.9 Å². The summed E-state index contributed by atoms with van der Waals surface area (Å²) in [6.07, 6.45) is -4.88. The Morgan fingerprint density at radius 1 is 1.00 bits per heavy atom. The summed E-state index contributed by atoms with van der Waals surface area (Å²) >= 11 is 0. The zero-order valence-corrected chi connectivity index (χ0v) is 14.8. The van der Waals surface area contributed by atoms with Crippen LogP contribution in [0.2, 0.25) is 0 Å². The molecule has 9 heteroatoms. The molecule has 0 saturated carbocycles. The molecular weight excluding hydrogens is 328 g/mol. The summed E-state index contributed by atoms with van der Waals surface area (Å²) in [5.74, 6) is -4.12. The first-order valence-electron chi connectivity index (χ1n) is 2.24. The number of carbonyl (C=O) groups is 2. The van der Waals surface area contributed by atoms with Crippen LogP contribution in [0.15, 0.2) is 0 Å². The number of aliphatic carboxylic acids is 2. The molecule has 0 aliphatic rings. The first-order valence-corrected chi connectivity index (χ1v) is 2.24. The van der Waals surface area contributed by atoms with Crippen molar-refractivity contribution >= 4 is 36.4 Å². The molecule has 0 aliphatic carbocycles. The fourth-order valence-electron chi connectivity index (χ4n) is 0.258. The fourth-order valence-corrected chi connectivity index (χ4v) is 0.258. The molecule has 0 aromatic rings. The third kappa shape index (κ3) is 10.6. The molecule has 0 aliphatic heterocycles. The second-order valence-corrected chi connectivity index (χ2v) is 1.53. The van der Waals surface area contributed by atoms with Crippen molar-refractivity contribution < 1.29 is 111 Å². The van der Waals surface area contributed by atoms with Crippen molar-refractivity contribution in [2.45, 2.75) is 12.2 Å². The van der Waals surface area contributed by atoms with Gasteiger partial charge in [-0.15, -0.1) is 0 Å². The first-order chi connectivity index (χ1) is 4.46. The van der Waals surface area contributed by atoms with E-state index in [4.69, 9.17) is 10.2 Å². The fraction of sp³-hybridized carbons (Fsp3) is 0.500. The number of aliphatic hydroxyl groups is 2. The Labute approximate surface area is 156 Å². The molecule has 6 nitrogen and oxygen atoms in total. The van der Waals surface area contributed by atoms with Crippen LogP contribution in [-0.2, 0) is 9.59 Å². The monoisotopic (exact) mass is 331 g/mol. The summed E-state index contributed by atoms with van der Waals surface area (Å²) in [5, 5.41) is 35.7. The maximum atomic E-state index is 9.63. The summed E-state index contributed by atoms with van der Waals surface area (Å²) < 4.78 is 0. The Hall–Kier alpha value is 2.31. The van der Waals surface area contributed by atoms with Crippen LogP contribution in [0.25, 0.3) is 0 Å². The molecule has 0 spiro atoms. The second-order valence-electron chi connectivity index (χ2n) is 1.53. The third-order valence-corrected chi connectivity index (χ3v) is 0.782. The van der Waals surface area contributed by atoms with Crippen molar-refractivity contribution in [3.8, 4) is 0 Å². The molecule has 0 rings (SSSR count). The molecule has 0 heterocycles. The summed E-state index contributed by atoms with van der Waals surface area (Å²) in [4.78, 5) is 19.3. The van der Waals surface area contributed by atoms with E-state index in [1.165, 1.54) is 0 Å². The van der Waals surface area contributed by atoms with Crippen LogP contribution in [0, 0.1) is 0 Å². The van der Waals surface area contributed by atoms with Crippen molar-refractivity contribution in [1.82, 2.24) is 0 Å². The Morgan fingerprint density at radius 3 is 1.23 bits per heavy atom. The molecular formula is C4H4KNaO6Sb+3. The third-order valence-electron chi connectivity index (χ3n) is 0.782. The molecule has 0 saturated heterocycles. The Bertz CT molecular complexity index is 149. The summed E-state index contributed by atoms with van der Waals surface area (Å²) in [6.45, 7) is 0. The summed E-state index contributed by atoms with van der Waals surface area (Å²) in [7, 11) is 0. The molecule has 2 atom stereocenters. The van der Waals surface area contributed by atoms with E-state index in [1.54, 1.807) is 0 Å². The van der Waals surface area contributed by atoms with Crippen molar-refractivity contribution in [3.05, 3.63) is 0 Å². The van der Waals surface area contributed by atoms with Crippen LogP contribution in [0.5, 0.6) is 0 Å². The predicted molar refractivity (Wildman–Crippen MR) is 27.8 cm³/mol. The molecule has 0 aromatic heterocycles. The second kappa shape index (κ2) is 12.4. The van der Waals surface area contributed by atoms with E-state index in [0.29, 0.717) is 0 Å². The van der Waals surface area contributed by atoms with Gasteiger partial charge in [-0.05, 0) is 0 Å². The normalized spacial score (nSPS) is 12.2. The standard InChI is InChI=1S/C4H6O6.K.Na.Sb/c5-1(3(7)8)2(6)4(9)10;;;/h1-2,5-6H,(H,7,8)(H,9,10);;;/q;2*+1;+3/p-2. The van der Waals surface area contributed by atoms with Gasteiger partial charge in [0.2, 0.25) is 0 Å². The predicted octanol–water partition coefficient (Wildman–Crippen LogP) is -11.2. The van der Waals surface area contributed by atoms with E-state index in [9.17, 15) is 19.8 Å². The first kappa shape index (κ1) is 24.5. The van der Waals surface area contributed by atoms with E-state index < -0.39 is 24.1 Å². The van der Waals surface area contributed by atoms with Crippen LogP contribution in [-0.4, -0.2) is 58.8 Å². The Balaban J connectivity index is -0.000000135. The van der Waals surface area contributed by atoms with E-state index in [0.717, 1.165) is 0 Å². The quantitative estimate of drug-likeness (QED) is 0.495. The molecule has 2 unspecified atom stereocenters. The number of carboxylic acid groups (broad SMARTS) is 2. The van der Waals surface area contributed by atoms with Crippen molar-refractivity contribution in [2.75, 3.05) is 0 Å². The van der Waals surface area contributed by atoms with Gasteiger partial charge in [0.15, 0.2) is 0 Å². The number of rotatable bonds is 3. The van der Waals surface area contributed by atoms with Crippen LogP contribution >= 0.6 is 0 Å². The minimum Gasteiger partial charge on any atom is -0.547 e. The van der Waals surface area contributed by atoms with Crippen LogP contribution < -0.4 is 91.2 Å². The average molecular weight is 332 g/mol. The van der Waals surface area contributed by atoms with Gasteiger partial charge >= 0.3 is 105 Å². The SMILES string of the molecule is O=C([O-])C(O)C(O)C(=O)[O-].[K+].[Na+].[Sb+3]. The molecule has 0 aromatic carbocycles. The minimum absolute atomic E-state index is 0. The van der Waals surface area contributed by atoms with Gasteiger partial charge in [-0.1, -0.05) is 0 Å². The number of hydrogen-bond acceptors (Lipinski definition) is 6. The van der Waals surface area contributed by atoms with E-state index >= 15 is 0 Å². The van der Waals surface area contributed by atoms with E-state index in [1.807, 2.05) is 0 Å². The smallest absolute Gasteiger partial charge is 0.547 e. The molecule has 0 fully saturated rings. The van der Waals surface area contributed by atoms with Gasteiger partial charge in [0.1, 0.15) is 12.2 Å². The molecule has 0 amide bonds. The Kier molecular flexibility index (Phi) is 23.4. The van der Waals surface area contributed by atoms with Crippen LogP contribution in [0.1, 0.15) is 0 Å². The number of carboxylic acids is 2. The number of aliphatic hydroxyl groups excluding tert-OH is 2. The number of hydrogen-bond donors (Lipinski definition) is 2. The van der Waals surface area contributed by atoms with Crippen LogP contribution in [0.4, 0.5) is 0 Å². The molecule has 13 heavy (non-hydrogen) atoms. The molecule has 2 radical (unpaired) electrons. The zero-order valence-electron chi connectivity index (χ0n) is 7.13. The average Bonchev–Trinajstić information content (AvgIpc) is 1.84. The van der Waals surface area contributed by atoms with Gasteiger partial charge in [-0.2, -0.15) is 0 Å². The van der Waals surface area contributed by atoms with Gasteiger partial charge in [-0.25, -0.2) is 0 Å². The molecule has 0 bridgehead atoms. The maximum Gasteiger partial charge on any atom is 3.00 e. The minimum atomic E-state index is -2.44. The molecule has 60 valence electrons. The van der Waals surface area contributed by atoms with Gasteiger partial charge in [0, 0.05) is 0 Å². The summed E-state index contributed by atoms with van der Waals surface area (Å²) in [5.41, 5.74) is 0. The van der Waals surface area contributed by atoms with Crippen LogP contribution in [0.3, 0.4) is 0 Å². The Morgan fingerprint density at radius 2 is 1.15 bits per heavy atom. The van der Waals surface area contributed by atoms with E-state index in [2.05, 4.69) is 0 Å². The van der Waals surface area contributed by atoms with Crippen molar-refractivity contribution in [3.63, 3.8) is 0 Å². The van der Waals surface area contributed by atoms with Crippen molar-refractivity contribution in [1.29, 1.82) is 0 Å². The largest absolute Gasteiger partial charge is 3.00 e. The van der Waals surface area contributed by atoms with Gasteiger partial charge in [-0.3, -0.25) is 0 Å².